The van der Waals surface area contributed by atoms with Crippen molar-refractivity contribution in [3.8, 4) is 5.75 Å². The van der Waals surface area contributed by atoms with Crippen LogP contribution in [0.4, 0.5) is 5.69 Å². The number of piperidine rings is 1. The fourth-order valence-electron chi connectivity index (χ4n) is 3.06. The summed E-state index contributed by atoms with van der Waals surface area (Å²) in [4.78, 5) is 24.8. The number of rotatable bonds is 6. The molecule has 1 aliphatic rings. The SMILES string of the molecule is CN1CCC(Oc2ccc(CNC(=O)c3ccc([N+](=O)[O-])cc3Cl)cc2)CC1. The molecule has 7 nitrogen and oxygen atoms in total. The number of hydrogen-bond donors (Lipinski definition) is 1. The van der Waals surface area contributed by atoms with E-state index in [9.17, 15) is 14.9 Å². The second-order valence-electron chi connectivity index (χ2n) is 6.87. The quantitative estimate of drug-likeness (QED) is 0.587. The van der Waals surface area contributed by atoms with Crippen molar-refractivity contribution in [2.45, 2.75) is 25.5 Å². The average Bonchev–Trinajstić information content (AvgIpc) is 2.69. The van der Waals surface area contributed by atoms with Crippen molar-refractivity contribution in [3.05, 3.63) is 68.7 Å². The molecule has 1 aliphatic heterocycles. The van der Waals surface area contributed by atoms with Crippen LogP contribution >= 0.6 is 11.6 Å². The number of carbonyl (C=O) groups is 1. The molecule has 0 bridgehead atoms. The van der Waals surface area contributed by atoms with E-state index in [4.69, 9.17) is 16.3 Å². The smallest absolute Gasteiger partial charge is 0.270 e. The number of non-ortho nitro benzene ring substituents is 1. The molecule has 2 aromatic rings. The molecule has 0 aliphatic carbocycles. The predicted molar refractivity (Wildman–Crippen MR) is 107 cm³/mol. The van der Waals surface area contributed by atoms with E-state index in [1.165, 1.54) is 18.2 Å². The molecular formula is C20H22ClN3O4. The molecule has 1 N–H and O–H groups in total. The third kappa shape index (κ3) is 5.21. The van der Waals surface area contributed by atoms with Gasteiger partial charge in [0, 0.05) is 31.8 Å². The highest BCUT2D eigenvalue weighted by Gasteiger charge is 2.18. The molecule has 0 radical (unpaired) electrons. The minimum atomic E-state index is -0.553. The van der Waals surface area contributed by atoms with Crippen LogP contribution in [0.2, 0.25) is 5.02 Å². The lowest BCUT2D eigenvalue weighted by Gasteiger charge is -2.29. The van der Waals surface area contributed by atoms with Crippen LogP contribution in [0.3, 0.4) is 0 Å². The second-order valence-corrected chi connectivity index (χ2v) is 7.28. The van der Waals surface area contributed by atoms with Crippen LogP contribution in [0.1, 0.15) is 28.8 Å². The van der Waals surface area contributed by atoms with Gasteiger partial charge in [-0.15, -0.1) is 0 Å². The Morgan fingerprint density at radius 2 is 1.93 bits per heavy atom. The van der Waals surface area contributed by atoms with Crippen molar-refractivity contribution in [1.29, 1.82) is 0 Å². The molecule has 0 spiro atoms. The van der Waals surface area contributed by atoms with Crippen molar-refractivity contribution in [2.75, 3.05) is 20.1 Å². The summed E-state index contributed by atoms with van der Waals surface area (Å²) in [6.45, 7) is 2.40. The summed E-state index contributed by atoms with van der Waals surface area (Å²) < 4.78 is 6.01. The summed E-state index contributed by atoms with van der Waals surface area (Å²) in [6, 6.07) is 11.4. The monoisotopic (exact) mass is 403 g/mol. The van der Waals surface area contributed by atoms with E-state index >= 15 is 0 Å². The van der Waals surface area contributed by atoms with Crippen molar-refractivity contribution in [3.63, 3.8) is 0 Å². The van der Waals surface area contributed by atoms with Crippen LogP contribution in [0, 0.1) is 10.1 Å². The highest BCUT2D eigenvalue weighted by molar-refractivity contribution is 6.34. The summed E-state index contributed by atoms with van der Waals surface area (Å²) in [5, 5.41) is 13.6. The van der Waals surface area contributed by atoms with E-state index in [-0.39, 0.29) is 28.3 Å². The summed E-state index contributed by atoms with van der Waals surface area (Å²) in [7, 11) is 2.11. The van der Waals surface area contributed by atoms with E-state index in [0.29, 0.717) is 6.54 Å². The highest BCUT2D eigenvalue weighted by Crippen LogP contribution is 2.23. The van der Waals surface area contributed by atoms with Crippen LogP contribution in [-0.2, 0) is 6.54 Å². The zero-order chi connectivity index (χ0) is 20.1. The fourth-order valence-corrected chi connectivity index (χ4v) is 3.32. The standard InChI is InChI=1S/C20H22ClN3O4/c1-23-10-8-17(9-11-23)28-16-5-2-14(3-6-16)13-22-20(25)18-7-4-15(24(26)27)12-19(18)21/h2-7,12,17H,8-11,13H2,1H3,(H,22,25). The lowest BCUT2D eigenvalue weighted by molar-refractivity contribution is -0.384. The molecule has 0 atom stereocenters. The molecule has 1 amide bonds. The number of halogens is 1. The van der Waals surface area contributed by atoms with Gasteiger partial charge in [0.1, 0.15) is 11.9 Å². The molecule has 0 saturated carbocycles. The van der Waals surface area contributed by atoms with Gasteiger partial charge in [0.2, 0.25) is 0 Å². The molecule has 148 valence electrons. The van der Waals surface area contributed by atoms with Crippen LogP contribution < -0.4 is 10.1 Å². The highest BCUT2D eigenvalue weighted by atomic mass is 35.5. The van der Waals surface area contributed by atoms with E-state index in [2.05, 4.69) is 17.3 Å². The van der Waals surface area contributed by atoms with E-state index in [1.807, 2.05) is 24.3 Å². The first-order valence-corrected chi connectivity index (χ1v) is 9.46. The third-order valence-corrected chi connectivity index (χ3v) is 5.07. The molecule has 1 heterocycles. The molecule has 28 heavy (non-hydrogen) atoms. The zero-order valence-corrected chi connectivity index (χ0v) is 16.3. The van der Waals surface area contributed by atoms with Crippen molar-refractivity contribution in [1.82, 2.24) is 10.2 Å². The second kappa shape index (κ2) is 9.03. The normalized spacial score (nSPS) is 15.2. The van der Waals surface area contributed by atoms with Gasteiger partial charge in [0.25, 0.3) is 11.6 Å². The zero-order valence-electron chi connectivity index (χ0n) is 15.6. The van der Waals surface area contributed by atoms with Crippen molar-refractivity contribution >= 4 is 23.2 Å². The Hall–Kier alpha value is -2.64. The maximum atomic E-state index is 12.3. The average molecular weight is 404 g/mol. The van der Waals surface area contributed by atoms with Crippen molar-refractivity contribution in [2.24, 2.45) is 0 Å². The van der Waals surface area contributed by atoms with E-state index in [0.717, 1.165) is 37.2 Å². The Morgan fingerprint density at radius 1 is 1.25 bits per heavy atom. The number of amides is 1. The van der Waals surface area contributed by atoms with Gasteiger partial charge in [-0.3, -0.25) is 14.9 Å². The molecule has 1 fully saturated rings. The Morgan fingerprint density at radius 3 is 2.54 bits per heavy atom. The van der Waals surface area contributed by atoms with E-state index < -0.39 is 4.92 Å². The molecule has 2 aromatic carbocycles. The number of likely N-dealkylation sites (tertiary alicyclic amines) is 1. The molecule has 0 unspecified atom stereocenters. The minimum Gasteiger partial charge on any atom is -0.490 e. The first kappa shape index (κ1) is 20.1. The Balaban J connectivity index is 1.53. The summed E-state index contributed by atoms with van der Waals surface area (Å²) >= 11 is 5.99. The summed E-state index contributed by atoms with van der Waals surface area (Å²) in [5.41, 5.74) is 0.971. The van der Waals surface area contributed by atoms with Gasteiger partial charge < -0.3 is 15.0 Å². The van der Waals surface area contributed by atoms with Crippen LogP contribution in [0.25, 0.3) is 0 Å². The number of carbonyl (C=O) groups excluding carboxylic acids is 1. The first-order chi connectivity index (χ1) is 13.4. The summed E-state index contributed by atoms with van der Waals surface area (Å²) in [6.07, 6.45) is 2.28. The molecular weight excluding hydrogens is 382 g/mol. The lowest BCUT2D eigenvalue weighted by atomic mass is 10.1. The minimum absolute atomic E-state index is 0.0496. The van der Waals surface area contributed by atoms with Crippen molar-refractivity contribution < 1.29 is 14.5 Å². The number of hydrogen-bond acceptors (Lipinski definition) is 5. The maximum absolute atomic E-state index is 12.3. The van der Waals surface area contributed by atoms with Gasteiger partial charge in [-0.25, -0.2) is 0 Å². The first-order valence-electron chi connectivity index (χ1n) is 9.08. The number of nitro benzene ring substituents is 1. The number of nitro groups is 1. The molecule has 3 rings (SSSR count). The largest absolute Gasteiger partial charge is 0.490 e. The number of ether oxygens (including phenoxy) is 1. The molecule has 8 heteroatoms. The Kier molecular flexibility index (Phi) is 6.49. The van der Waals surface area contributed by atoms with Gasteiger partial charge in [-0.05, 0) is 43.7 Å². The predicted octanol–water partition coefficient (Wildman–Crippen LogP) is 3.65. The Bertz CT molecular complexity index is 849. The lowest BCUT2D eigenvalue weighted by Crippen LogP contribution is -2.35. The number of nitrogens with zero attached hydrogens (tertiary/aromatic N) is 2. The van der Waals surface area contributed by atoms with Crippen LogP contribution in [0.5, 0.6) is 5.75 Å². The van der Waals surface area contributed by atoms with Gasteiger partial charge in [-0.1, -0.05) is 23.7 Å². The van der Waals surface area contributed by atoms with Crippen LogP contribution in [-0.4, -0.2) is 42.0 Å². The summed E-state index contributed by atoms with van der Waals surface area (Å²) in [5.74, 6) is 0.439. The third-order valence-electron chi connectivity index (χ3n) is 4.75. The van der Waals surface area contributed by atoms with Gasteiger partial charge in [0.05, 0.1) is 15.5 Å². The fraction of sp³-hybridized carbons (Fsp3) is 0.350. The van der Waals surface area contributed by atoms with Gasteiger partial charge in [-0.2, -0.15) is 0 Å². The number of benzene rings is 2. The van der Waals surface area contributed by atoms with E-state index in [1.54, 1.807) is 0 Å². The molecule has 0 aromatic heterocycles. The van der Waals surface area contributed by atoms with Crippen LogP contribution in [0.15, 0.2) is 42.5 Å². The van der Waals surface area contributed by atoms with Gasteiger partial charge in [0.15, 0.2) is 0 Å². The maximum Gasteiger partial charge on any atom is 0.270 e. The van der Waals surface area contributed by atoms with Gasteiger partial charge >= 0.3 is 0 Å². The molecule has 1 saturated heterocycles. The topological polar surface area (TPSA) is 84.7 Å². The number of nitrogens with one attached hydrogen (secondary N) is 1. The Labute approximate surface area is 168 Å².